The molecule has 0 bridgehead atoms. The summed E-state index contributed by atoms with van der Waals surface area (Å²) in [5, 5.41) is 20.3. The van der Waals surface area contributed by atoms with Gasteiger partial charge in [0.05, 0.1) is 0 Å². The molecule has 4 nitrogen and oxygen atoms in total. The number of aliphatic imine (C=N–C) groups is 1. The van der Waals surface area contributed by atoms with E-state index in [4.69, 9.17) is 5.11 Å². The van der Waals surface area contributed by atoms with Gasteiger partial charge in [-0.3, -0.25) is 4.79 Å². The summed E-state index contributed by atoms with van der Waals surface area (Å²) in [4.78, 5) is 14.6. The molecule has 0 radical (unpaired) electrons. The monoisotopic (exact) mass is 405 g/mol. The van der Waals surface area contributed by atoms with Gasteiger partial charge in [-0.2, -0.15) is 0 Å². The van der Waals surface area contributed by atoms with Crippen LogP contribution in [0.2, 0.25) is 0 Å². The van der Waals surface area contributed by atoms with Crippen molar-refractivity contribution in [3.8, 4) is 0 Å². The molecular formula is C23H44NNaO3. The number of rotatable bonds is 21. The molecule has 0 aliphatic carbocycles. The van der Waals surface area contributed by atoms with Gasteiger partial charge in [0.25, 0.3) is 0 Å². The third kappa shape index (κ3) is 25.9. The van der Waals surface area contributed by atoms with Gasteiger partial charge in [-0.25, -0.2) is 0 Å². The zero-order valence-electron chi connectivity index (χ0n) is 18.9. The van der Waals surface area contributed by atoms with Crippen LogP contribution < -0.4 is 34.7 Å². The van der Waals surface area contributed by atoms with Crippen LogP contribution in [0.25, 0.3) is 0 Å². The number of unbranched alkanes of at least 4 members (excludes halogenated alkanes) is 15. The van der Waals surface area contributed by atoms with Crippen molar-refractivity contribution in [3.63, 3.8) is 0 Å². The van der Waals surface area contributed by atoms with Crippen molar-refractivity contribution in [1.82, 2.24) is 0 Å². The van der Waals surface area contributed by atoms with Crippen molar-refractivity contribution in [2.45, 2.75) is 129 Å². The zero-order chi connectivity index (χ0) is 20.0. The minimum atomic E-state index is -0.689. The molecule has 0 aliphatic rings. The maximum absolute atomic E-state index is 11.7. The van der Waals surface area contributed by atoms with Gasteiger partial charge in [-0.1, -0.05) is 96.8 Å². The summed E-state index contributed by atoms with van der Waals surface area (Å²) in [6, 6.07) is 0. The van der Waals surface area contributed by atoms with E-state index < -0.39 is 5.97 Å². The van der Waals surface area contributed by atoms with Gasteiger partial charge in [-0.15, -0.1) is 0 Å². The van der Waals surface area contributed by atoms with E-state index in [0.29, 0.717) is 19.4 Å². The van der Waals surface area contributed by atoms with Crippen LogP contribution in [0, 0.1) is 0 Å². The van der Waals surface area contributed by atoms with E-state index in [2.05, 4.69) is 11.9 Å². The number of nitrogens with zero attached hydrogens (tertiary/aromatic N) is 1. The molecule has 0 amide bonds. The molecule has 160 valence electrons. The van der Waals surface area contributed by atoms with E-state index >= 15 is 0 Å². The Morgan fingerprint density at radius 2 is 1.07 bits per heavy atom. The molecule has 0 spiro atoms. The fraction of sp³-hybridized carbons (Fsp3) is 0.913. The van der Waals surface area contributed by atoms with Crippen molar-refractivity contribution in [1.29, 1.82) is 0 Å². The molecule has 0 aromatic rings. The third-order valence-corrected chi connectivity index (χ3v) is 5.08. The van der Waals surface area contributed by atoms with Crippen molar-refractivity contribution in [2.24, 2.45) is 4.99 Å². The summed E-state index contributed by atoms with van der Waals surface area (Å²) in [5.74, 6) is -0.595. The van der Waals surface area contributed by atoms with Gasteiger partial charge in [0, 0.05) is 13.0 Å². The minimum absolute atomic E-state index is 0. The topological polar surface area (TPSA) is 72.7 Å². The first-order valence-electron chi connectivity index (χ1n) is 11.6. The Hall–Kier alpha value is -0.0600. The molecule has 0 saturated carbocycles. The molecule has 0 aromatic heterocycles. The van der Waals surface area contributed by atoms with E-state index in [1.807, 2.05) is 0 Å². The predicted molar refractivity (Wildman–Crippen MR) is 113 cm³/mol. The van der Waals surface area contributed by atoms with E-state index in [-0.39, 0.29) is 35.5 Å². The average Bonchev–Trinajstić information content (AvgIpc) is 2.64. The normalized spacial score (nSPS) is 11.4. The summed E-state index contributed by atoms with van der Waals surface area (Å²) in [6.45, 7) is 2.94. The molecule has 0 aromatic carbocycles. The summed E-state index contributed by atoms with van der Waals surface area (Å²) >= 11 is 0. The molecule has 0 saturated heterocycles. The van der Waals surface area contributed by atoms with Crippen molar-refractivity contribution >= 4 is 11.9 Å². The molecule has 0 unspecified atom stereocenters. The van der Waals surface area contributed by atoms with Crippen LogP contribution in [-0.4, -0.2) is 23.5 Å². The molecule has 0 aliphatic heterocycles. The van der Waals surface area contributed by atoms with Crippen LogP contribution >= 0.6 is 0 Å². The molecule has 0 fully saturated rings. The Kier molecular flexibility index (Phi) is 26.9. The van der Waals surface area contributed by atoms with Gasteiger partial charge in [0.1, 0.15) is 0 Å². The number of carbonyl (C=O) groups is 1. The predicted octanol–water partition coefficient (Wildman–Crippen LogP) is 3.27. The summed E-state index contributed by atoms with van der Waals surface area (Å²) in [7, 11) is 0. The maximum atomic E-state index is 11.7. The van der Waals surface area contributed by atoms with Crippen molar-refractivity contribution in [2.75, 3.05) is 6.54 Å². The van der Waals surface area contributed by atoms with Gasteiger partial charge >= 0.3 is 35.5 Å². The molecule has 0 rings (SSSR count). The fourth-order valence-corrected chi connectivity index (χ4v) is 3.32. The number of hydrogen-bond acceptors (Lipinski definition) is 3. The Morgan fingerprint density at radius 1 is 0.679 bits per heavy atom. The van der Waals surface area contributed by atoms with Crippen molar-refractivity contribution in [3.05, 3.63) is 0 Å². The first-order chi connectivity index (χ1) is 13.2. The van der Waals surface area contributed by atoms with Crippen LogP contribution in [0.1, 0.15) is 129 Å². The summed E-state index contributed by atoms with van der Waals surface area (Å²) < 4.78 is 0. The number of hydrogen-bond donors (Lipinski definition) is 1. The average molecular weight is 406 g/mol. The van der Waals surface area contributed by atoms with Crippen LogP contribution in [-0.2, 0) is 4.79 Å². The smallest absolute Gasteiger partial charge is 0.862 e. The summed E-state index contributed by atoms with van der Waals surface area (Å²) in [5.41, 5.74) is 0. The number of carboxylic acid groups (broad SMARTS) is 1. The van der Waals surface area contributed by atoms with E-state index in [0.717, 1.165) is 38.5 Å². The van der Waals surface area contributed by atoms with Crippen LogP contribution in [0.15, 0.2) is 4.99 Å². The molecule has 0 atom stereocenters. The molecular weight excluding hydrogens is 361 g/mol. The second-order valence-electron chi connectivity index (χ2n) is 7.83. The number of aliphatic carboxylic acids is 1. The Balaban J connectivity index is 0. The Bertz CT molecular complexity index is 362. The van der Waals surface area contributed by atoms with Crippen LogP contribution in [0.3, 0.4) is 0 Å². The van der Waals surface area contributed by atoms with E-state index in [9.17, 15) is 9.90 Å². The van der Waals surface area contributed by atoms with Gasteiger partial charge in [0.15, 0.2) is 0 Å². The fourth-order valence-electron chi connectivity index (χ4n) is 3.32. The second kappa shape index (κ2) is 25.0. The first kappa shape index (κ1) is 30.1. The standard InChI is InChI=1S/C23H45NO3.Na/c1-2-3-4-5-6-7-10-13-16-19-22(25)24-21-18-15-12-9-8-11-14-17-20-23(26)27;/h2-21H2,1H3,(H,24,25)(H,26,27);/q;+1/p-1. The first-order valence-corrected chi connectivity index (χ1v) is 11.6. The van der Waals surface area contributed by atoms with E-state index in [1.54, 1.807) is 0 Å². The molecule has 1 N–H and O–H groups in total. The van der Waals surface area contributed by atoms with Crippen molar-refractivity contribution < 1.29 is 44.6 Å². The van der Waals surface area contributed by atoms with Gasteiger partial charge in [0.2, 0.25) is 0 Å². The second-order valence-corrected chi connectivity index (χ2v) is 7.83. The summed E-state index contributed by atoms with van der Waals surface area (Å²) in [6.07, 6.45) is 21.1. The molecule has 5 heteroatoms. The van der Waals surface area contributed by atoms with Crippen LogP contribution in [0.4, 0.5) is 0 Å². The maximum Gasteiger partial charge on any atom is 1.00 e. The van der Waals surface area contributed by atoms with Gasteiger partial charge < -0.3 is 15.2 Å². The van der Waals surface area contributed by atoms with Gasteiger partial charge in [-0.05, 0) is 31.6 Å². The van der Waals surface area contributed by atoms with Crippen LogP contribution in [0.5, 0.6) is 0 Å². The zero-order valence-corrected chi connectivity index (χ0v) is 20.9. The SMILES string of the molecule is CCCCCCCCCCCC([O-])=NCCCCCCCCCCC(=O)O.[Na+]. The Labute approximate surface area is 196 Å². The third-order valence-electron chi connectivity index (χ3n) is 5.08. The Morgan fingerprint density at radius 3 is 1.54 bits per heavy atom. The minimum Gasteiger partial charge on any atom is -0.862 e. The van der Waals surface area contributed by atoms with E-state index in [1.165, 1.54) is 70.6 Å². The molecule has 28 heavy (non-hydrogen) atoms. The largest absolute Gasteiger partial charge is 1.00 e. The quantitative estimate of drug-likeness (QED) is 0.138. The molecule has 0 heterocycles. The number of carboxylic acids is 1.